The molecule has 0 fully saturated rings. The van der Waals surface area contributed by atoms with Gasteiger partial charge in [-0.1, -0.05) is 0 Å². The van der Waals surface area contributed by atoms with Crippen molar-refractivity contribution in [3.63, 3.8) is 0 Å². The fourth-order valence-electron chi connectivity index (χ4n) is 1.52. The van der Waals surface area contributed by atoms with Gasteiger partial charge in [0.15, 0.2) is 0 Å². The van der Waals surface area contributed by atoms with Gasteiger partial charge in [0.1, 0.15) is 23.6 Å². The summed E-state index contributed by atoms with van der Waals surface area (Å²) in [6.07, 6.45) is 4.03. The molecule has 0 aliphatic carbocycles. The Labute approximate surface area is 109 Å². The number of nitrogens with zero attached hydrogens (tertiary/aromatic N) is 5. The Bertz CT molecular complexity index is 645. The van der Waals surface area contributed by atoms with Crippen LogP contribution in [0.2, 0.25) is 0 Å². The van der Waals surface area contributed by atoms with Crippen molar-refractivity contribution in [2.45, 2.75) is 31.3 Å². The van der Waals surface area contributed by atoms with Crippen LogP contribution in [-0.4, -0.2) is 33.0 Å². The molecule has 0 N–H and O–H groups in total. The van der Waals surface area contributed by atoms with E-state index in [-0.39, 0.29) is 10.9 Å². The molecule has 0 bridgehead atoms. The van der Waals surface area contributed by atoms with Gasteiger partial charge in [-0.15, -0.1) is 0 Å². The van der Waals surface area contributed by atoms with E-state index >= 15 is 0 Å². The Hall–Kier alpha value is -1.41. The number of rotatable bonds is 4. The van der Waals surface area contributed by atoms with Gasteiger partial charge in [0.05, 0.1) is 6.20 Å². The highest BCUT2D eigenvalue weighted by atomic mass is 35.7. The molecule has 0 saturated carbocycles. The molecule has 0 amide bonds. The van der Waals surface area contributed by atoms with Crippen molar-refractivity contribution in [1.29, 1.82) is 0 Å². The Kier molecular flexibility index (Phi) is 3.40. The first-order valence-corrected chi connectivity index (χ1v) is 7.54. The summed E-state index contributed by atoms with van der Waals surface area (Å²) in [5.41, 5.74) is 0. The molecule has 0 radical (unpaired) electrons. The molecule has 18 heavy (non-hydrogen) atoms. The summed E-state index contributed by atoms with van der Waals surface area (Å²) in [6.45, 7) is 4.30. The lowest BCUT2D eigenvalue weighted by Gasteiger charge is -2.08. The highest BCUT2D eigenvalue weighted by Crippen LogP contribution is 2.14. The van der Waals surface area contributed by atoms with Crippen molar-refractivity contribution in [1.82, 2.24) is 24.5 Å². The van der Waals surface area contributed by atoms with Gasteiger partial charge in [0.25, 0.3) is 9.05 Å². The number of aromatic nitrogens is 5. The summed E-state index contributed by atoms with van der Waals surface area (Å²) < 4.78 is 25.4. The Morgan fingerprint density at radius 1 is 1.39 bits per heavy atom. The predicted octanol–water partition coefficient (Wildman–Crippen LogP) is 1.03. The molecule has 0 unspecified atom stereocenters. The lowest BCUT2D eigenvalue weighted by atomic mass is 10.4. The van der Waals surface area contributed by atoms with E-state index < -0.39 is 9.05 Å². The first kappa shape index (κ1) is 13.0. The summed E-state index contributed by atoms with van der Waals surface area (Å²) in [5, 5.41) is 8.02. The largest absolute Gasteiger partial charge is 0.264 e. The molecule has 0 aromatic carbocycles. The van der Waals surface area contributed by atoms with Crippen LogP contribution in [-0.2, 0) is 15.6 Å². The van der Waals surface area contributed by atoms with E-state index in [0.717, 1.165) is 0 Å². The molecule has 0 atom stereocenters. The van der Waals surface area contributed by atoms with Crippen molar-refractivity contribution in [2.75, 3.05) is 0 Å². The minimum atomic E-state index is -3.74. The fourth-order valence-corrected chi connectivity index (χ4v) is 2.18. The van der Waals surface area contributed by atoms with Crippen LogP contribution in [0.3, 0.4) is 0 Å². The van der Waals surface area contributed by atoms with E-state index in [2.05, 4.69) is 15.2 Å². The molecular formula is C9H12ClN5O2S. The summed E-state index contributed by atoms with van der Waals surface area (Å²) in [6, 6.07) is 0.175. The molecule has 0 saturated heterocycles. The van der Waals surface area contributed by atoms with E-state index in [1.165, 1.54) is 23.4 Å². The quantitative estimate of drug-likeness (QED) is 0.785. The maximum Gasteiger partial charge on any atom is 0.264 e. The van der Waals surface area contributed by atoms with Gasteiger partial charge in [-0.3, -0.25) is 4.68 Å². The molecule has 98 valence electrons. The van der Waals surface area contributed by atoms with Crippen LogP contribution in [0.4, 0.5) is 0 Å². The van der Waals surface area contributed by atoms with Crippen LogP contribution in [0.1, 0.15) is 25.7 Å². The third-order valence-electron chi connectivity index (χ3n) is 2.33. The maximum atomic E-state index is 11.1. The molecule has 0 aliphatic heterocycles. The molecule has 0 spiro atoms. The molecule has 2 aromatic heterocycles. The van der Waals surface area contributed by atoms with E-state index in [4.69, 9.17) is 10.7 Å². The SMILES string of the molecule is CC(C)n1ncnc1Cn1cc(S(=O)(=O)Cl)cn1. The second-order valence-corrected chi connectivity index (χ2v) is 6.59. The summed E-state index contributed by atoms with van der Waals surface area (Å²) in [4.78, 5) is 4.08. The zero-order chi connectivity index (χ0) is 13.3. The molecule has 2 aromatic rings. The third-order valence-corrected chi connectivity index (χ3v) is 3.64. The van der Waals surface area contributed by atoms with Gasteiger partial charge in [-0.05, 0) is 13.8 Å². The molecule has 0 aliphatic rings. The maximum absolute atomic E-state index is 11.1. The van der Waals surface area contributed by atoms with Crippen molar-refractivity contribution >= 4 is 19.7 Å². The zero-order valence-corrected chi connectivity index (χ0v) is 11.4. The topological polar surface area (TPSA) is 82.7 Å². The van der Waals surface area contributed by atoms with E-state index in [1.54, 1.807) is 4.68 Å². The van der Waals surface area contributed by atoms with Crippen LogP contribution in [0.25, 0.3) is 0 Å². The normalized spacial score (nSPS) is 12.2. The Morgan fingerprint density at radius 2 is 2.11 bits per heavy atom. The first-order chi connectivity index (χ1) is 8.38. The molecular weight excluding hydrogens is 278 g/mol. The molecule has 9 heteroatoms. The number of hydrogen-bond acceptors (Lipinski definition) is 5. The van der Waals surface area contributed by atoms with Gasteiger partial charge in [-0.25, -0.2) is 18.1 Å². The lowest BCUT2D eigenvalue weighted by Crippen LogP contribution is -2.12. The summed E-state index contributed by atoms with van der Waals surface area (Å²) in [7, 11) is 1.48. The van der Waals surface area contributed by atoms with Crippen LogP contribution < -0.4 is 0 Å². The van der Waals surface area contributed by atoms with Gasteiger partial charge >= 0.3 is 0 Å². The standard InChI is InChI=1S/C9H12ClN5O2S/c1-7(2)15-9(11-6-13-15)5-14-4-8(3-12-14)18(10,16)17/h3-4,6-7H,5H2,1-2H3. The second kappa shape index (κ2) is 4.69. The molecule has 7 nitrogen and oxygen atoms in total. The monoisotopic (exact) mass is 289 g/mol. The molecule has 2 rings (SSSR count). The lowest BCUT2D eigenvalue weighted by molar-refractivity contribution is 0.488. The number of hydrogen-bond donors (Lipinski definition) is 0. The van der Waals surface area contributed by atoms with Crippen LogP contribution in [0.15, 0.2) is 23.6 Å². The van der Waals surface area contributed by atoms with Crippen molar-refractivity contribution in [2.24, 2.45) is 0 Å². The zero-order valence-electron chi connectivity index (χ0n) is 9.86. The van der Waals surface area contributed by atoms with Gasteiger partial charge in [0, 0.05) is 22.9 Å². The average Bonchev–Trinajstić information content (AvgIpc) is 2.85. The first-order valence-electron chi connectivity index (χ1n) is 5.23. The van der Waals surface area contributed by atoms with Gasteiger partial charge in [0.2, 0.25) is 0 Å². The fraction of sp³-hybridized carbons (Fsp3) is 0.444. The minimum absolute atomic E-state index is 0.0280. The van der Waals surface area contributed by atoms with Crippen LogP contribution in [0.5, 0.6) is 0 Å². The minimum Gasteiger partial charge on any atom is -0.264 e. The summed E-state index contributed by atoms with van der Waals surface area (Å²) in [5.74, 6) is 0.701. The van der Waals surface area contributed by atoms with E-state index in [1.807, 2.05) is 13.8 Å². The summed E-state index contributed by atoms with van der Waals surface area (Å²) >= 11 is 0. The van der Waals surface area contributed by atoms with Crippen molar-refractivity contribution < 1.29 is 8.42 Å². The van der Waals surface area contributed by atoms with Crippen LogP contribution in [0, 0.1) is 0 Å². The molecule has 2 heterocycles. The number of halogens is 1. The predicted molar refractivity (Wildman–Crippen MR) is 64.8 cm³/mol. The second-order valence-electron chi connectivity index (χ2n) is 4.03. The van der Waals surface area contributed by atoms with Crippen LogP contribution >= 0.6 is 10.7 Å². The Balaban J connectivity index is 2.24. The van der Waals surface area contributed by atoms with Gasteiger partial charge < -0.3 is 0 Å². The Morgan fingerprint density at radius 3 is 2.67 bits per heavy atom. The highest BCUT2D eigenvalue weighted by molar-refractivity contribution is 8.13. The third kappa shape index (κ3) is 2.70. The van der Waals surface area contributed by atoms with Crippen molar-refractivity contribution in [3.8, 4) is 0 Å². The highest BCUT2D eigenvalue weighted by Gasteiger charge is 2.14. The smallest absolute Gasteiger partial charge is 0.264 e. The van der Waals surface area contributed by atoms with E-state index in [0.29, 0.717) is 12.4 Å². The van der Waals surface area contributed by atoms with Crippen molar-refractivity contribution in [3.05, 3.63) is 24.5 Å². The van der Waals surface area contributed by atoms with Gasteiger partial charge in [-0.2, -0.15) is 10.2 Å². The average molecular weight is 290 g/mol. The van der Waals surface area contributed by atoms with E-state index in [9.17, 15) is 8.42 Å².